The average molecular weight is 256 g/mol. The van der Waals surface area contributed by atoms with Crippen molar-refractivity contribution in [1.82, 2.24) is 0 Å². The number of anilines is 1. The molecule has 0 saturated carbocycles. The van der Waals surface area contributed by atoms with Gasteiger partial charge in [0, 0.05) is 0 Å². The molecule has 0 saturated heterocycles. The van der Waals surface area contributed by atoms with Gasteiger partial charge in [0.25, 0.3) is 0 Å². The third kappa shape index (κ3) is 3.48. The number of carbonyl (C=O) groups is 1. The lowest BCUT2D eigenvalue weighted by molar-refractivity contribution is -0.118. The third-order valence-corrected chi connectivity index (χ3v) is 2.66. The van der Waals surface area contributed by atoms with Gasteiger partial charge in [-0.05, 0) is 31.2 Å². The molecule has 0 spiro atoms. The lowest BCUT2D eigenvalue weighted by Gasteiger charge is -2.15. The number of carbonyl (C=O) groups excluding carboxylic acids is 1. The Balaban J connectivity index is 2.19. The molecule has 0 fully saturated rings. The maximum Gasteiger partial charge on any atom is 0.239 e. The zero-order valence-electron chi connectivity index (χ0n) is 10.7. The molecule has 98 valence electrons. The molecule has 0 bridgehead atoms. The molecule has 0 aromatic heterocycles. The van der Waals surface area contributed by atoms with E-state index in [1.54, 1.807) is 6.92 Å². The summed E-state index contributed by atoms with van der Waals surface area (Å²) in [6, 6.07) is 16.4. The van der Waals surface area contributed by atoms with Gasteiger partial charge in [-0.25, -0.2) is 0 Å². The normalized spacial score (nSPS) is 11.6. The number of ether oxygens (including phenoxy) is 1. The van der Waals surface area contributed by atoms with Gasteiger partial charge in [0.1, 0.15) is 11.8 Å². The molecule has 4 nitrogen and oxygen atoms in total. The maximum atomic E-state index is 11.1. The molecule has 1 unspecified atom stereocenters. The molecule has 1 amide bonds. The Bertz CT molecular complexity index is 555. The highest BCUT2D eigenvalue weighted by molar-refractivity contribution is 5.83. The summed E-state index contributed by atoms with van der Waals surface area (Å²) >= 11 is 0. The minimum absolute atomic E-state index is 0.408. The molecule has 0 aliphatic rings. The van der Waals surface area contributed by atoms with Crippen LogP contribution in [-0.2, 0) is 4.79 Å². The van der Waals surface area contributed by atoms with Crippen LogP contribution in [0.2, 0.25) is 0 Å². The van der Waals surface area contributed by atoms with Crippen molar-refractivity contribution < 1.29 is 9.53 Å². The second-order valence-electron chi connectivity index (χ2n) is 4.18. The van der Waals surface area contributed by atoms with Gasteiger partial charge in [0.2, 0.25) is 5.91 Å². The molecule has 3 N–H and O–H groups in total. The Hall–Kier alpha value is -2.49. The van der Waals surface area contributed by atoms with Gasteiger partial charge < -0.3 is 15.8 Å². The highest BCUT2D eigenvalue weighted by atomic mass is 16.5. The molecule has 2 aromatic carbocycles. The van der Waals surface area contributed by atoms with E-state index >= 15 is 0 Å². The Morgan fingerprint density at radius 3 is 2.42 bits per heavy atom. The molecule has 0 heterocycles. The molecular weight excluding hydrogens is 240 g/mol. The molecule has 4 heteroatoms. The summed E-state index contributed by atoms with van der Waals surface area (Å²) in [7, 11) is 0. The van der Waals surface area contributed by atoms with Gasteiger partial charge in [0.05, 0.1) is 5.69 Å². The summed E-state index contributed by atoms with van der Waals surface area (Å²) in [5.41, 5.74) is 5.98. The van der Waals surface area contributed by atoms with Crippen molar-refractivity contribution in [1.29, 1.82) is 0 Å². The maximum absolute atomic E-state index is 11.1. The lowest BCUT2D eigenvalue weighted by Crippen LogP contribution is -2.32. The van der Waals surface area contributed by atoms with Crippen LogP contribution in [0, 0.1) is 0 Å². The number of para-hydroxylation sites is 3. The fraction of sp³-hybridized carbons (Fsp3) is 0.133. The van der Waals surface area contributed by atoms with Crippen LogP contribution in [0.15, 0.2) is 54.6 Å². The van der Waals surface area contributed by atoms with Gasteiger partial charge in [0.15, 0.2) is 5.75 Å². The number of nitrogens with two attached hydrogens (primary N) is 1. The van der Waals surface area contributed by atoms with Crippen LogP contribution < -0.4 is 15.8 Å². The number of benzene rings is 2. The number of rotatable bonds is 5. The minimum atomic E-state index is -0.458. The topological polar surface area (TPSA) is 64.3 Å². The SMILES string of the molecule is CC(Nc1ccccc1Oc1ccccc1)C(N)=O. The van der Waals surface area contributed by atoms with Gasteiger partial charge >= 0.3 is 0 Å². The van der Waals surface area contributed by atoms with Crippen molar-refractivity contribution >= 4 is 11.6 Å². The molecule has 0 radical (unpaired) electrons. The van der Waals surface area contributed by atoms with Crippen LogP contribution in [0.5, 0.6) is 11.5 Å². The van der Waals surface area contributed by atoms with Crippen LogP contribution in [0.1, 0.15) is 6.92 Å². The van der Waals surface area contributed by atoms with E-state index in [4.69, 9.17) is 10.5 Å². The Labute approximate surface area is 112 Å². The first-order valence-corrected chi connectivity index (χ1v) is 6.04. The number of primary amides is 1. The quantitative estimate of drug-likeness (QED) is 0.864. The number of hydrogen-bond donors (Lipinski definition) is 2. The van der Waals surface area contributed by atoms with Gasteiger partial charge in [-0.15, -0.1) is 0 Å². The standard InChI is InChI=1S/C15H16N2O2/c1-11(15(16)18)17-13-9-5-6-10-14(13)19-12-7-3-2-4-8-12/h2-11,17H,1H3,(H2,16,18). The monoisotopic (exact) mass is 256 g/mol. The summed E-state index contributed by atoms with van der Waals surface area (Å²) in [4.78, 5) is 11.1. The summed E-state index contributed by atoms with van der Waals surface area (Å²) < 4.78 is 5.78. The second kappa shape index (κ2) is 5.91. The van der Waals surface area contributed by atoms with Crippen molar-refractivity contribution in [3.8, 4) is 11.5 Å². The second-order valence-corrected chi connectivity index (χ2v) is 4.18. The summed E-state index contributed by atoms with van der Waals surface area (Å²) in [6.45, 7) is 1.71. The van der Waals surface area contributed by atoms with E-state index < -0.39 is 11.9 Å². The number of amides is 1. The predicted molar refractivity (Wildman–Crippen MR) is 75.2 cm³/mol. The average Bonchev–Trinajstić information content (AvgIpc) is 2.42. The highest BCUT2D eigenvalue weighted by Gasteiger charge is 2.11. The molecule has 0 aliphatic heterocycles. The van der Waals surface area contributed by atoms with Crippen molar-refractivity contribution in [3.05, 3.63) is 54.6 Å². The van der Waals surface area contributed by atoms with Crippen LogP contribution >= 0.6 is 0 Å². The van der Waals surface area contributed by atoms with E-state index in [1.165, 1.54) is 0 Å². The first kappa shape index (κ1) is 13.0. The largest absolute Gasteiger partial charge is 0.455 e. The molecule has 2 aromatic rings. The molecule has 0 aliphatic carbocycles. The first-order valence-electron chi connectivity index (χ1n) is 6.04. The van der Waals surface area contributed by atoms with Crippen LogP contribution in [0.3, 0.4) is 0 Å². The van der Waals surface area contributed by atoms with Gasteiger partial charge in [-0.1, -0.05) is 30.3 Å². The van der Waals surface area contributed by atoms with E-state index in [9.17, 15) is 4.79 Å². The minimum Gasteiger partial charge on any atom is -0.455 e. The van der Waals surface area contributed by atoms with Crippen LogP contribution in [0.25, 0.3) is 0 Å². The molecule has 19 heavy (non-hydrogen) atoms. The number of nitrogens with one attached hydrogen (secondary N) is 1. The van der Waals surface area contributed by atoms with Crippen molar-refractivity contribution in [2.45, 2.75) is 13.0 Å². The van der Waals surface area contributed by atoms with Gasteiger partial charge in [-0.3, -0.25) is 4.79 Å². The van der Waals surface area contributed by atoms with Crippen LogP contribution in [0.4, 0.5) is 5.69 Å². The lowest BCUT2D eigenvalue weighted by atomic mass is 10.2. The highest BCUT2D eigenvalue weighted by Crippen LogP contribution is 2.29. The fourth-order valence-electron chi connectivity index (χ4n) is 1.59. The van der Waals surface area contributed by atoms with Crippen molar-refractivity contribution in [3.63, 3.8) is 0 Å². The summed E-state index contributed by atoms with van der Waals surface area (Å²) in [5, 5.41) is 3.03. The van der Waals surface area contributed by atoms with E-state index in [-0.39, 0.29) is 0 Å². The van der Waals surface area contributed by atoms with Crippen molar-refractivity contribution in [2.24, 2.45) is 5.73 Å². The third-order valence-electron chi connectivity index (χ3n) is 2.66. The van der Waals surface area contributed by atoms with E-state index in [0.717, 1.165) is 11.4 Å². The Morgan fingerprint density at radius 1 is 1.11 bits per heavy atom. The molecule has 1 atom stereocenters. The zero-order chi connectivity index (χ0) is 13.7. The molecular formula is C15H16N2O2. The summed E-state index contributed by atoms with van der Waals surface area (Å²) in [6.07, 6.45) is 0. The van der Waals surface area contributed by atoms with Crippen molar-refractivity contribution in [2.75, 3.05) is 5.32 Å². The van der Waals surface area contributed by atoms with E-state index in [1.807, 2.05) is 54.6 Å². The first-order chi connectivity index (χ1) is 9.16. The smallest absolute Gasteiger partial charge is 0.239 e. The van der Waals surface area contributed by atoms with E-state index in [2.05, 4.69) is 5.32 Å². The molecule has 2 rings (SSSR count). The zero-order valence-corrected chi connectivity index (χ0v) is 10.7. The van der Waals surface area contributed by atoms with Crippen LogP contribution in [-0.4, -0.2) is 11.9 Å². The Morgan fingerprint density at radius 2 is 1.74 bits per heavy atom. The number of hydrogen-bond acceptors (Lipinski definition) is 3. The van der Waals surface area contributed by atoms with Gasteiger partial charge in [-0.2, -0.15) is 0 Å². The fourth-order valence-corrected chi connectivity index (χ4v) is 1.59. The summed E-state index contributed by atoms with van der Waals surface area (Å²) in [5.74, 6) is 0.986. The van der Waals surface area contributed by atoms with E-state index in [0.29, 0.717) is 5.75 Å². The predicted octanol–water partition coefficient (Wildman–Crippen LogP) is 2.76. The Kier molecular flexibility index (Phi) is 4.03.